The van der Waals surface area contributed by atoms with Crippen LogP contribution in [-0.4, -0.2) is 118 Å². The van der Waals surface area contributed by atoms with Crippen LogP contribution in [0.4, 0.5) is 0 Å². The molecule has 4 heterocycles. The number of benzene rings is 1. The monoisotopic (exact) mass is 821 g/mol. The van der Waals surface area contributed by atoms with Crippen molar-refractivity contribution in [2.75, 3.05) is 6.61 Å². The van der Waals surface area contributed by atoms with Crippen LogP contribution in [0.15, 0.2) is 30.3 Å². The Balaban J connectivity index is 0.972. The summed E-state index contributed by atoms with van der Waals surface area (Å²) in [5, 5.41) is 28.1. The number of aliphatic hydroxyl groups is 2. The van der Waals surface area contributed by atoms with E-state index in [1.807, 2.05) is 24.3 Å². The molecule has 0 radical (unpaired) electrons. The molecule has 9 rings (SSSR count). The maximum Gasteiger partial charge on any atom is 0.327 e. The molecule has 8 fully saturated rings. The number of ether oxygens (including phenoxy) is 5. The summed E-state index contributed by atoms with van der Waals surface area (Å²) >= 11 is 0. The molecule has 59 heavy (non-hydrogen) atoms. The third kappa shape index (κ3) is 7.97. The van der Waals surface area contributed by atoms with Crippen molar-refractivity contribution < 1.29 is 57.9 Å². The number of allylic oxidation sites excluding steroid dienone is 1. The van der Waals surface area contributed by atoms with Crippen LogP contribution in [0, 0.1) is 23.2 Å². The predicted molar refractivity (Wildman–Crippen MR) is 208 cm³/mol. The molecule has 15 heteroatoms. The van der Waals surface area contributed by atoms with E-state index in [0.29, 0.717) is 18.1 Å². The summed E-state index contributed by atoms with van der Waals surface area (Å²) in [5.74, 6) is -2.51. The van der Waals surface area contributed by atoms with E-state index in [9.17, 15) is 24.6 Å². The normalized spacial score (nSPS) is 35.9. The van der Waals surface area contributed by atoms with Crippen molar-refractivity contribution in [2.45, 2.75) is 171 Å². The van der Waals surface area contributed by atoms with Crippen molar-refractivity contribution in [3.8, 4) is 0 Å². The highest BCUT2D eigenvalue weighted by molar-refractivity contribution is 5.96. The SMILES string of the molecule is CC(O)C(NC(=O)C12CC3OC(=O)C1N(Cc1cccc(C=CC4CCC5OC5C4)c1)OC2C1OC(C2CC2)(C2CC2)OC31)C(=O)NC(CO)CCC(=O)OC(C)(C)C. The zero-order valence-electron chi connectivity index (χ0n) is 34.4. The van der Waals surface area contributed by atoms with Crippen LogP contribution in [0.5, 0.6) is 0 Å². The number of hydroxylamine groups is 2. The van der Waals surface area contributed by atoms with Crippen molar-refractivity contribution in [1.29, 1.82) is 0 Å². The second-order valence-electron chi connectivity index (χ2n) is 19.3. The molecule has 4 aliphatic carbocycles. The molecule has 1 aromatic rings. The van der Waals surface area contributed by atoms with Gasteiger partial charge in [0.2, 0.25) is 11.8 Å². The maximum absolute atomic E-state index is 15.1. The maximum atomic E-state index is 15.1. The minimum absolute atomic E-state index is 0.0609. The lowest BCUT2D eigenvalue weighted by Gasteiger charge is -2.49. The summed E-state index contributed by atoms with van der Waals surface area (Å²) < 4.78 is 31.1. The number of epoxide rings is 1. The number of hydrogen-bond donors (Lipinski definition) is 4. The van der Waals surface area contributed by atoms with Crippen LogP contribution in [0.25, 0.3) is 6.08 Å². The van der Waals surface area contributed by atoms with Gasteiger partial charge in [-0.3, -0.25) is 24.0 Å². The molecule has 2 bridgehead atoms. The molecule has 0 aromatic heterocycles. The van der Waals surface area contributed by atoms with Crippen molar-refractivity contribution in [2.24, 2.45) is 23.2 Å². The van der Waals surface area contributed by atoms with Crippen molar-refractivity contribution in [1.82, 2.24) is 15.7 Å². The van der Waals surface area contributed by atoms with Crippen LogP contribution < -0.4 is 10.6 Å². The molecule has 12 unspecified atom stereocenters. The first-order valence-electron chi connectivity index (χ1n) is 21.7. The lowest BCUT2D eigenvalue weighted by molar-refractivity contribution is -0.235. The van der Waals surface area contributed by atoms with E-state index in [-0.39, 0.29) is 37.6 Å². The lowest BCUT2D eigenvalue weighted by atomic mass is 9.62. The Morgan fingerprint density at radius 2 is 1.76 bits per heavy atom. The predicted octanol–water partition coefficient (Wildman–Crippen LogP) is 2.83. The molecule has 1 aromatic carbocycles. The van der Waals surface area contributed by atoms with Gasteiger partial charge >= 0.3 is 11.9 Å². The van der Waals surface area contributed by atoms with Gasteiger partial charge in [-0.05, 0) is 96.1 Å². The van der Waals surface area contributed by atoms with Gasteiger partial charge in [0.1, 0.15) is 41.5 Å². The Morgan fingerprint density at radius 1 is 1.02 bits per heavy atom. The van der Waals surface area contributed by atoms with E-state index in [2.05, 4.69) is 22.8 Å². The Labute approximate surface area is 344 Å². The number of rotatable bonds is 15. The van der Waals surface area contributed by atoms with E-state index in [0.717, 1.165) is 56.1 Å². The second-order valence-corrected chi connectivity index (χ2v) is 19.3. The zero-order chi connectivity index (χ0) is 41.4. The standard InChI is InChI=1S/C44H59N3O12/c1-23(49)34(39(51)45-29(22-48)15-17-33(50)56-42(2,3)4)46-41(53)43-20-32-35-36(58-44(57-35,27-11-12-27)28-13-14-28)38(43)59-47(37(43)40(52)55-32)21-26-7-5-6-24(18-26)8-9-25-10-16-30-31(19-25)54-30/h5-9,18,23,25,27-32,34-38,48-49H,10-17,19-22H2,1-4H3,(H,45,51)(H,46,53). The van der Waals surface area contributed by atoms with Crippen molar-refractivity contribution in [3.63, 3.8) is 0 Å². The molecule has 2 amide bonds. The fraction of sp³-hybridized carbons (Fsp3) is 0.727. The molecular weight excluding hydrogens is 762 g/mol. The molecule has 8 aliphatic rings. The van der Waals surface area contributed by atoms with E-state index >= 15 is 4.79 Å². The third-order valence-corrected chi connectivity index (χ3v) is 13.5. The van der Waals surface area contributed by atoms with Crippen LogP contribution in [0.2, 0.25) is 0 Å². The zero-order valence-corrected chi connectivity index (χ0v) is 34.4. The Morgan fingerprint density at radius 3 is 2.44 bits per heavy atom. The molecule has 4 saturated carbocycles. The topological polar surface area (TPSA) is 195 Å². The molecule has 4 N–H and O–H groups in total. The molecule has 15 nitrogen and oxygen atoms in total. The van der Waals surface area contributed by atoms with E-state index in [1.54, 1.807) is 20.8 Å². The third-order valence-electron chi connectivity index (χ3n) is 13.5. The minimum atomic E-state index is -1.57. The summed E-state index contributed by atoms with van der Waals surface area (Å²) in [6.07, 6.45) is 7.78. The van der Waals surface area contributed by atoms with Crippen LogP contribution >= 0.6 is 0 Å². The first-order valence-corrected chi connectivity index (χ1v) is 21.7. The number of carbonyl (C=O) groups is 4. The quantitative estimate of drug-likeness (QED) is 0.149. The molecule has 4 saturated heterocycles. The van der Waals surface area contributed by atoms with Gasteiger partial charge in [0, 0.05) is 24.7 Å². The van der Waals surface area contributed by atoms with E-state index in [1.165, 1.54) is 12.0 Å². The first-order chi connectivity index (χ1) is 28.2. The Bertz CT molecular complexity index is 1830. The molecule has 0 spiro atoms. The van der Waals surface area contributed by atoms with Gasteiger partial charge in [-0.15, -0.1) is 0 Å². The Hall–Kier alpha value is -3.44. The number of carbonyl (C=O) groups excluding carboxylic acids is 4. The largest absolute Gasteiger partial charge is 0.460 e. The van der Waals surface area contributed by atoms with Gasteiger partial charge < -0.3 is 44.5 Å². The van der Waals surface area contributed by atoms with Crippen LogP contribution in [0.1, 0.15) is 103 Å². The average molecular weight is 822 g/mol. The fourth-order valence-electron chi connectivity index (χ4n) is 10.4. The van der Waals surface area contributed by atoms with E-state index < -0.39 is 95.8 Å². The lowest BCUT2D eigenvalue weighted by Crippen LogP contribution is -2.71. The van der Waals surface area contributed by atoms with Gasteiger partial charge in [-0.2, -0.15) is 5.06 Å². The fourth-order valence-corrected chi connectivity index (χ4v) is 10.4. The summed E-state index contributed by atoms with van der Waals surface area (Å²) in [7, 11) is 0. The number of esters is 2. The van der Waals surface area contributed by atoms with Gasteiger partial charge in [0.15, 0.2) is 11.8 Å². The number of amides is 2. The van der Waals surface area contributed by atoms with Crippen LogP contribution in [-0.2, 0) is 54.2 Å². The number of hydrogen-bond acceptors (Lipinski definition) is 13. The molecule has 322 valence electrons. The number of nitrogens with one attached hydrogen (secondary N) is 2. The highest BCUT2D eigenvalue weighted by Gasteiger charge is 2.78. The van der Waals surface area contributed by atoms with Crippen molar-refractivity contribution in [3.05, 3.63) is 41.5 Å². The minimum Gasteiger partial charge on any atom is -0.460 e. The number of fused-ring (bicyclic) bond motifs is 5. The Kier molecular flexibility index (Phi) is 10.7. The smallest absolute Gasteiger partial charge is 0.327 e. The number of aliphatic hydroxyl groups excluding tert-OH is 2. The average Bonchev–Trinajstić information content (AvgIpc) is 4.09. The summed E-state index contributed by atoms with van der Waals surface area (Å²) in [5.41, 5.74) is -0.410. The van der Waals surface area contributed by atoms with Crippen molar-refractivity contribution >= 4 is 29.8 Å². The van der Waals surface area contributed by atoms with E-state index in [4.69, 9.17) is 28.5 Å². The number of nitrogens with zero attached hydrogens (tertiary/aromatic N) is 1. The second kappa shape index (κ2) is 15.5. The highest BCUT2D eigenvalue weighted by atomic mass is 16.8. The van der Waals surface area contributed by atoms with Gasteiger partial charge in [0.05, 0.1) is 37.5 Å². The highest BCUT2D eigenvalue weighted by Crippen LogP contribution is 2.64. The van der Waals surface area contributed by atoms with Gasteiger partial charge in [-0.1, -0.05) is 36.4 Å². The molecule has 12 atom stereocenters. The molecular formula is C44H59N3O12. The van der Waals surface area contributed by atoms with Crippen LogP contribution in [0.3, 0.4) is 0 Å². The molecule has 4 aliphatic heterocycles. The van der Waals surface area contributed by atoms with Gasteiger partial charge in [-0.25, -0.2) is 0 Å². The summed E-state index contributed by atoms with van der Waals surface area (Å²) in [6, 6.07) is 4.45. The van der Waals surface area contributed by atoms with Gasteiger partial charge in [0.25, 0.3) is 0 Å². The first kappa shape index (κ1) is 40.9. The summed E-state index contributed by atoms with van der Waals surface area (Å²) in [4.78, 5) is 62.3. The summed E-state index contributed by atoms with van der Waals surface area (Å²) in [6.45, 7) is 6.29.